The van der Waals surface area contributed by atoms with Gasteiger partial charge in [0, 0.05) is 32.0 Å². The highest BCUT2D eigenvalue weighted by molar-refractivity contribution is 5.08. The van der Waals surface area contributed by atoms with Gasteiger partial charge in [0.1, 0.15) is 18.3 Å². The molecule has 0 bridgehead atoms. The van der Waals surface area contributed by atoms with Crippen LogP contribution in [0.1, 0.15) is 18.4 Å². The second-order valence-corrected chi connectivity index (χ2v) is 6.70. The van der Waals surface area contributed by atoms with Crippen LogP contribution in [0, 0.1) is 0 Å². The van der Waals surface area contributed by atoms with Crippen molar-refractivity contribution in [1.29, 1.82) is 0 Å². The van der Waals surface area contributed by atoms with Crippen LogP contribution in [-0.4, -0.2) is 62.7 Å². The molecule has 0 aliphatic carbocycles. The fourth-order valence-corrected chi connectivity index (χ4v) is 3.65. The Bertz CT molecular complexity index is 636. The fraction of sp³-hybridized carbons (Fsp3) is 0.588. The molecule has 1 spiro atoms. The van der Waals surface area contributed by atoms with Gasteiger partial charge in [-0.15, -0.1) is 0 Å². The van der Waals surface area contributed by atoms with Gasteiger partial charge in [0.25, 0.3) is 0 Å². The zero-order chi connectivity index (χ0) is 16.2. The minimum absolute atomic E-state index is 0.175. The summed E-state index contributed by atoms with van der Waals surface area (Å²) in [4.78, 5) is 10.6. The first kappa shape index (κ1) is 15.7. The van der Waals surface area contributed by atoms with E-state index in [-0.39, 0.29) is 11.7 Å². The van der Waals surface area contributed by atoms with E-state index in [9.17, 15) is 0 Å². The minimum Gasteiger partial charge on any atom is -0.377 e. The standard InChI is InChI=1S/C17H23N5O2/c1-2-15(8-18-5-1)9-21-6-7-23-12-17(11-21)4-3-16(24-17)10-22-14-19-13-20-22/h1-2,5,8,13-14,16H,3-4,6-7,9-12H2/t16-,17+/m0/s1. The van der Waals surface area contributed by atoms with Crippen LogP contribution in [0.3, 0.4) is 0 Å². The normalized spacial score (nSPS) is 28.2. The zero-order valence-electron chi connectivity index (χ0n) is 13.8. The van der Waals surface area contributed by atoms with Crippen LogP contribution in [0.2, 0.25) is 0 Å². The molecule has 2 fully saturated rings. The molecule has 7 heteroatoms. The van der Waals surface area contributed by atoms with Gasteiger partial charge in [-0.05, 0) is 24.5 Å². The molecule has 2 aromatic heterocycles. The summed E-state index contributed by atoms with van der Waals surface area (Å²) in [5.74, 6) is 0. The molecular formula is C17H23N5O2. The topological polar surface area (TPSA) is 65.3 Å². The van der Waals surface area contributed by atoms with E-state index in [1.807, 2.05) is 23.1 Å². The Morgan fingerprint density at radius 1 is 1.33 bits per heavy atom. The molecule has 2 aliphatic rings. The Balaban J connectivity index is 1.40. The van der Waals surface area contributed by atoms with Gasteiger partial charge in [-0.25, -0.2) is 4.98 Å². The lowest BCUT2D eigenvalue weighted by atomic mass is 10.00. The van der Waals surface area contributed by atoms with E-state index >= 15 is 0 Å². The Morgan fingerprint density at radius 3 is 3.17 bits per heavy atom. The highest BCUT2D eigenvalue weighted by atomic mass is 16.6. The van der Waals surface area contributed by atoms with E-state index in [0.717, 1.165) is 45.6 Å². The Labute approximate surface area is 141 Å². The fourth-order valence-electron chi connectivity index (χ4n) is 3.65. The second-order valence-electron chi connectivity index (χ2n) is 6.70. The molecule has 4 rings (SSSR count). The van der Waals surface area contributed by atoms with Crippen LogP contribution in [0.25, 0.3) is 0 Å². The molecule has 0 unspecified atom stereocenters. The lowest BCUT2D eigenvalue weighted by Gasteiger charge is -2.32. The second kappa shape index (κ2) is 6.96. The Kier molecular flexibility index (Phi) is 4.55. The first-order chi connectivity index (χ1) is 11.8. The first-order valence-corrected chi connectivity index (χ1v) is 8.51. The number of ether oxygens (including phenoxy) is 2. The van der Waals surface area contributed by atoms with E-state index in [0.29, 0.717) is 6.61 Å². The molecule has 2 aliphatic heterocycles. The van der Waals surface area contributed by atoms with E-state index in [4.69, 9.17) is 9.47 Å². The van der Waals surface area contributed by atoms with Crippen LogP contribution in [0.4, 0.5) is 0 Å². The van der Waals surface area contributed by atoms with Crippen molar-refractivity contribution in [3.05, 3.63) is 42.7 Å². The van der Waals surface area contributed by atoms with Crippen molar-refractivity contribution in [2.45, 2.75) is 37.6 Å². The quantitative estimate of drug-likeness (QED) is 0.838. The van der Waals surface area contributed by atoms with Gasteiger partial charge in [0.15, 0.2) is 0 Å². The number of aromatic nitrogens is 4. The number of hydrogen-bond acceptors (Lipinski definition) is 6. The molecule has 0 N–H and O–H groups in total. The maximum absolute atomic E-state index is 6.44. The van der Waals surface area contributed by atoms with Gasteiger partial charge in [-0.2, -0.15) is 5.10 Å². The third-order valence-corrected chi connectivity index (χ3v) is 4.75. The third kappa shape index (κ3) is 3.63. The average molecular weight is 329 g/mol. The van der Waals surface area contributed by atoms with Gasteiger partial charge in [0.05, 0.1) is 25.9 Å². The molecule has 0 saturated carbocycles. The summed E-state index contributed by atoms with van der Waals surface area (Å²) in [6, 6.07) is 4.11. The lowest BCUT2D eigenvalue weighted by Crippen LogP contribution is -2.44. The molecule has 128 valence electrons. The smallest absolute Gasteiger partial charge is 0.137 e. The predicted molar refractivity (Wildman–Crippen MR) is 87.2 cm³/mol. The number of nitrogens with zero attached hydrogens (tertiary/aromatic N) is 5. The molecule has 0 radical (unpaired) electrons. The SMILES string of the molecule is c1cncc(CN2CCOC[C@@]3(CC[C@@H](Cn4cncn4)O3)C2)c1. The zero-order valence-corrected chi connectivity index (χ0v) is 13.8. The van der Waals surface area contributed by atoms with Crippen molar-refractivity contribution in [3.63, 3.8) is 0 Å². The molecule has 24 heavy (non-hydrogen) atoms. The van der Waals surface area contributed by atoms with Gasteiger partial charge in [0.2, 0.25) is 0 Å². The number of hydrogen-bond donors (Lipinski definition) is 0. The molecule has 2 saturated heterocycles. The highest BCUT2D eigenvalue weighted by Gasteiger charge is 2.43. The first-order valence-electron chi connectivity index (χ1n) is 8.51. The van der Waals surface area contributed by atoms with E-state index in [1.54, 1.807) is 12.7 Å². The van der Waals surface area contributed by atoms with Crippen LogP contribution in [0.15, 0.2) is 37.2 Å². The van der Waals surface area contributed by atoms with E-state index < -0.39 is 0 Å². The summed E-state index contributed by atoms with van der Waals surface area (Å²) >= 11 is 0. The van der Waals surface area contributed by atoms with Crippen LogP contribution >= 0.6 is 0 Å². The number of pyridine rings is 1. The molecule has 0 aromatic carbocycles. The van der Waals surface area contributed by atoms with Crippen LogP contribution in [-0.2, 0) is 22.6 Å². The Hall–Kier alpha value is -1.83. The van der Waals surface area contributed by atoms with Crippen molar-refractivity contribution in [2.24, 2.45) is 0 Å². The largest absolute Gasteiger partial charge is 0.377 e. The van der Waals surface area contributed by atoms with Crippen molar-refractivity contribution >= 4 is 0 Å². The Morgan fingerprint density at radius 2 is 2.33 bits per heavy atom. The molecule has 2 atom stereocenters. The van der Waals surface area contributed by atoms with Crippen LogP contribution < -0.4 is 0 Å². The van der Waals surface area contributed by atoms with Crippen molar-refractivity contribution in [2.75, 3.05) is 26.3 Å². The highest BCUT2D eigenvalue weighted by Crippen LogP contribution is 2.34. The molecule has 2 aromatic rings. The maximum Gasteiger partial charge on any atom is 0.137 e. The van der Waals surface area contributed by atoms with Gasteiger partial charge < -0.3 is 9.47 Å². The monoisotopic (exact) mass is 329 g/mol. The van der Waals surface area contributed by atoms with Gasteiger partial charge in [-0.1, -0.05) is 6.07 Å². The van der Waals surface area contributed by atoms with E-state index in [1.165, 1.54) is 5.56 Å². The summed E-state index contributed by atoms with van der Waals surface area (Å²) in [5, 5.41) is 4.18. The third-order valence-electron chi connectivity index (χ3n) is 4.75. The summed E-state index contributed by atoms with van der Waals surface area (Å²) in [5.41, 5.74) is 1.02. The molecule has 4 heterocycles. The summed E-state index contributed by atoms with van der Waals surface area (Å²) in [6.07, 6.45) is 9.28. The van der Waals surface area contributed by atoms with Crippen molar-refractivity contribution < 1.29 is 9.47 Å². The minimum atomic E-state index is -0.204. The number of rotatable bonds is 4. The maximum atomic E-state index is 6.44. The summed E-state index contributed by atoms with van der Waals surface area (Å²) in [7, 11) is 0. The lowest BCUT2D eigenvalue weighted by molar-refractivity contribution is -0.0905. The van der Waals surface area contributed by atoms with Gasteiger partial charge in [-0.3, -0.25) is 14.6 Å². The predicted octanol–water partition coefficient (Wildman–Crippen LogP) is 1.12. The summed E-state index contributed by atoms with van der Waals surface area (Å²) in [6.45, 7) is 4.88. The molecule has 0 amide bonds. The molecular weight excluding hydrogens is 306 g/mol. The van der Waals surface area contributed by atoms with Gasteiger partial charge >= 0.3 is 0 Å². The molecule has 7 nitrogen and oxygen atoms in total. The van der Waals surface area contributed by atoms with E-state index in [2.05, 4.69) is 26.0 Å². The summed E-state index contributed by atoms with van der Waals surface area (Å²) < 4.78 is 14.1. The van der Waals surface area contributed by atoms with Crippen LogP contribution in [0.5, 0.6) is 0 Å². The van der Waals surface area contributed by atoms with Crippen molar-refractivity contribution in [1.82, 2.24) is 24.6 Å². The average Bonchev–Trinajstić information content (AvgIpc) is 3.19. The van der Waals surface area contributed by atoms with Crippen molar-refractivity contribution in [3.8, 4) is 0 Å².